The summed E-state index contributed by atoms with van der Waals surface area (Å²) in [4.78, 5) is 2.14. The highest BCUT2D eigenvalue weighted by Crippen LogP contribution is 2.08. The summed E-state index contributed by atoms with van der Waals surface area (Å²) in [7, 11) is 4.28. The first-order valence-electron chi connectivity index (χ1n) is 5.50. The molecule has 90 valence electrons. The number of rotatable bonds is 3. The largest absolute Gasteiger partial charge is 0.601 e. The topological polar surface area (TPSA) is 10.4 Å². The van der Waals surface area contributed by atoms with Crippen molar-refractivity contribution in [2.45, 2.75) is 26.3 Å². The third-order valence-corrected chi connectivity index (χ3v) is 2.48. The minimum Gasteiger partial charge on any atom is -0.601 e. The second-order valence-corrected chi connectivity index (χ2v) is 5.21. The Morgan fingerprint density at radius 3 is 2.06 bits per heavy atom. The van der Waals surface area contributed by atoms with Crippen molar-refractivity contribution >= 4 is 21.2 Å². The Hall–Kier alpha value is -0.960. The van der Waals surface area contributed by atoms with Gasteiger partial charge in [0.05, 0.1) is 0 Å². The maximum absolute atomic E-state index is 2.70. The predicted molar refractivity (Wildman–Crippen MR) is 76.4 cm³/mol. The zero-order valence-electron chi connectivity index (χ0n) is 10.7. The van der Waals surface area contributed by atoms with Crippen LogP contribution in [0.4, 0.5) is 5.69 Å². The molecule has 0 N–H and O–H groups in total. The molecule has 0 amide bonds. The van der Waals surface area contributed by atoms with E-state index in [1.165, 1.54) is 5.69 Å². The molecule has 5 heteroatoms. The van der Waals surface area contributed by atoms with E-state index in [4.69, 9.17) is 0 Å². The molecule has 0 aliphatic heterocycles. The van der Waals surface area contributed by atoms with Crippen molar-refractivity contribution < 1.29 is 4.48 Å². The average Bonchev–Trinajstić information content (AvgIpc) is 2.17. The van der Waals surface area contributed by atoms with Crippen LogP contribution < -0.4 is 9.38 Å². The van der Waals surface area contributed by atoms with E-state index in [-0.39, 0.29) is 15.5 Å². The first kappa shape index (κ1) is 13.1. The number of aromatic nitrogens is 1. The lowest BCUT2D eigenvalue weighted by Crippen LogP contribution is -2.55. The molecule has 0 atom stereocenters. The average molecular weight is 220 g/mol. The summed E-state index contributed by atoms with van der Waals surface area (Å²) in [6, 6.07) is 4.39. The van der Waals surface area contributed by atoms with E-state index < -0.39 is 0 Å². The summed E-state index contributed by atoms with van der Waals surface area (Å²) in [5.41, 5.74) is 1.64. The summed E-state index contributed by atoms with van der Waals surface area (Å²) >= 11 is 0. The SMILES string of the molecule is [BH3-]N([BH2-][n+]1ccc(N(C)C)cc1)C(C)(C)C. The number of hydrogen-bond acceptors (Lipinski definition) is 2. The Morgan fingerprint density at radius 1 is 1.19 bits per heavy atom. The van der Waals surface area contributed by atoms with Crippen LogP contribution in [-0.2, 0) is 0 Å². The molecule has 1 rings (SSSR count). The molecule has 1 aromatic heterocycles. The molecule has 3 nitrogen and oxygen atoms in total. The van der Waals surface area contributed by atoms with E-state index in [2.05, 4.69) is 73.5 Å². The maximum Gasteiger partial charge on any atom is 0.287 e. The standard InChI is InChI=1S/C11H24B2N3/c1-11(2,3)16(12)13-15-8-6-10(7-9-15)14(4)5/h6-9H,13H2,1-5,12H3/q-1. The van der Waals surface area contributed by atoms with Crippen LogP contribution in [0.25, 0.3) is 0 Å². The van der Waals surface area contributed by atoms with Crippen molar-refractivity contribution in [1.82, 2.24) is 4.72 Å². The minimum absolute atomic E-state index is 0.158. The molecule has 0 fully saturated rings. The molecule has 0 aliphatic rings. The molecular weight excluding hydrogens is 196 g/mol. The minimum atomic E-state index is -0.158. The van der Waals surface area contributed by atoms with Gasteiger partial charge in [-0.1, -0.05) is 26.3 Å². The number of nitrogens with zero attached hydrogens (tertiary/aromatic N) is 3. The second-order valence-electron chi connectivity index (χ2n) is 5.21. The smallest absolute Gasteiger partial charge is 0.287 e. The van der Waals surface area contributed by atoms with E-state index in [1.54, 1.807) is 0 Å². The molecule has 16 heavy (non-hydrogen) atoms. The quantitative estimate of drug-likeness (QED) is 0.621. The van der Waals surface area contributed by atoms with Crippen LogP contribution in [0.3, 0.4) is 0 Å². The van der Waals surface area contributed by atoms with Crippen LogP contribution in [0.1, 0.15) is 20.8 Å². The Bertz CT molecular complexity index is 330. The van der Waals surface area contributed by atoms with Crippen molar-refractivity contribution in [2.75, 3.05) is 19.0 Å². The normalized spacial score (nSPS) is 11.9. The van der Waals surface area contributed by atoms with Crippen LogP contribution >= 0.6 is 0 Å². The lowest BCUT2D eigenvalue weighted by Gasteiger charge is -2.42. The Labute approximate surface area is 101 Å². The molecular formula is C11H24B2N3-. The van der Waals surface area contributed by atoms with E-state index in [0.29, 0.717) is 5.54 Å². The summed E-state index contributed by atoms with van der Waals surface area (Å²) in [6.45, 7) is 6.95. The van der Waals surface area contributed by atoms with E-state index in [0.717, 1.165) is 0 Å². The van der Waals surface area contributed by atoms with E-state index in [9.17, 15) is 0 Å². The molecule has 0 unspecified atom stereocenters. The van der Waals surface area contributed by atoms with Crippen LogP contribution in [0, 0.1) is 0 Å². The van der Waals surface area contributed by atoms with Gasteiger partial charge in [-0.15, -0.1) is 0 Å². The molecule has 1 aromatic rings. The zero-order chi connectivity index (χ0) is 12.3. The zero-order valence-corrected chi connectivity index (χ0v) is 10.7. The van der Waals surface area contributed by atoms with Gasteiger partial charge in [0.1, 0.15) is 12.4 Å². The summed E-state index contributed by atoms with van der Waals surface area (Å²) < 4.78 is 5.08. The molecule has 0 aromatic carbocycles. The highest BCUT2D eigenvalue weighted by molar-refractivity contribution is 6.34. The molecule has 0 saturated carbocycles. The Kier molecular flexibility index (Phi) is 4.03. The maximum atomic E-state index is 2.70. The van der Waals surface area contributed by atoms with Gasteiger partial charge < -0.3 is 14.1 Å². The van der Waals surface area contributed by atoms with Crippen LogP contribution in [0.15, 0.2) is 24.5 Å². The van der Waals surface area contributed by atoms with Gasteiger partial charge >= 0.3 is 0 Å². The van der Waals surface area contributed by atoms with Crippen LogP contribution in [0.2, 0.25) is 0 Å². The van der Waals surface area contributed by atoms with Gasteiger partial charge in [-0.25, -0.2) is 0 Å². The van der Waals surface area contributed by atoms with Gasteiger partial charge in [0.2, 0.25) is 0 Å². The van der Waals surface area contributed by atoms with Gasteiger partial charge in [0, 0.05) is 31.9 Å². The van der Waals surface area contributed by atoms with Gasteiger partial charge in [-0.3, -0.25) is 0 Å². The van der Waals surface area contributed by atoms with Crippen molar-refractivity contribution in [3.63, 3.8) is 0 Å². The first-order chi connectivity index (χ1) is 7.30. The lowest BCUT2D eigenvalue weighted by molar-refractivity contribution is -0.535. The van der Waals surface area contributed by atoms with Crippen LogP contribution in [-0.4, -0.2) is 39.9 Å². The summed E-state index contributed by atoms with van der Waals surface area (Å²) in [6.07, 6.45) is 4.44. The van der Waals surface area contributed by atoms with Gasteiger partial charge in [-0.2, -0.15) is 0 Å². The molecule has 1 heterocycles. The second kappa shape index (κ2) is 4.91. The fourth-order valence-electron chi connectivity index (χ4n) is 1.34. The number of pyridine rings is 1. The van der Waals surface area contributed by atoms with Gasteiger partial charge in [0.15, 0.2) is 0 Å². The Morgan fingerprint density at radius 2 is 1.69 bits per heavy atom. The highest BCUT2D eigenvalue weighted by Gasteiger charge is 2.10. The van der Waals surface area contributed by atoms with Crippen molar-refractivity contribution in [3.8, 4) is 0 Å². The Balaban J connectivity index is 2.69. The predicted octanol–water partition coefficient (Wildman–Crippen LogP) is -0.732. The fraction of sp³-hybridized carbons (Fsp3) is 0.545. The molecule has 0 saturated heterocycles. The molecule has 0 bridgehead atoms. The molecule has 0 radical (unpaired) electrons. The molecule has 0 aliphatic carbocycles. The van der Waals surface area contributed by atoms with E-state index >= 15 is 0 Å². The van der Waals surface area contributed by atoms with Gasteiger partial charge in [0.25, 0.3) is 7.55 Å². The summed E-state index contributed by atoms with van der Waals surface area (Å²) in [5, 5.41) is 0. The first-order valence-corrected chi connectivity index (χ1v) is 5.50. The lowest BCUT2D eigenvalue weighted by atomic mass is 9.89. The fourth-order valence-corrected chi connectivity index (χ4v) is 1.34. The van der Waals surface area contributed by atoms with Gasteiger partial charge in [-0.05, 0) is 7.98 Å². The highest BCUT2D eigenvalue weighted by atomic mass is 15.1. The molecule has 0 spiro atoms. The summed E-state index contributed by atoms with van der Waals surface area (Å²) in [5.74, 6) is 0. The van der Waals surface area contributed by atoms with Crippen molar-refractivity contribution in [3.05, 3.63) is 24.5 Å². The third-order valence-electron chi connectivity index (χ3n) is 2.48. The number of anilines is 1. The monoisotopic (exact) mass is 220 g/mol. The van der Waals surface area contributed by atoms with Crippen molar-refractivity contribution in [2.24, 2.45) is 0 Å². The van der Waals surface area contributed by atoms with Crippen LogP contribution in [0.5, 0.6) is 0 Å². The van der Waals surface area contributed by atoms with E-state index in [1.807, 2.05) is 0 Å². The van der Waals surface area contributed by atoms with Crippen molar-refractivity contribution in [1.29, 1.82) is 0 Å². The number of hydrogen-bond donors (Lipinski definition) is 0. The third kappa shape index (κ3) is 3.56.